The van der Waals surface area contributed by atoms with Crippen molar-refractivity contribution in [2.75, 3.05) is 11.9 Å². The molecule has 2 aromatic carbocycles. The number of rotatable bonds is 5. The number of hydrogen-bond acceptors (Lipinski definition) is 5. The predicted octanol–water partition coefficient (Wildman–Crippen LogP) is 4.49. The molecule has 1 unspecified atom stereocenters. The van der Waals surface area contributed by atoms with Crippen molar-refractivity contribution in [1.82, 2.24) is 4.90 Å². The molecule has 8 heteroatoms. The van der Waals surface area contributed by atoms with E-state index in [4.69, 9.17) is 16.6 Å². The number of carbonyl (C=O) groups is 1. The fourth-order valence-electron chi connectivity index (χ4n) is 3.35. The summed E-state index contributed by atoms with van der Waals surface area (Å²) in [6, 6.07) is 13.2. The van der Waals surface area contributed by atoms with Gasteiger partial charge in [0.15, 0.2) is 0 Å². The number of amides is 1. The van der Waals surface area contributed by atoms with Crippen LogP contribution in [0.25, 0.3) is 0 Å². The highest BCUT2D eigenvalue weighted by atomic mass is 35.5. The largest absolute Gasteiger partial charge is 0.335 e. The number of aliphatic imine (C=N–C) groups is 1. The lowest BCUT2D eigenvalue weighted by Crippen LogP contribution is -2.33. The summed E-state index contributed by atoms with van der Waals surface area (Å²) in [6.45, 7) is 0.0942. The van der Waals surface area contributed by atoms with E-state index in [1.165, 1.54) is 12.1 Å². The molecule has 0 radical (unpaired) electrons. The number of nitrogens with zero attached hydrogens (tertiary/aromatic N) is 3. The zero-order chi connectivity index (χ0) is 20.4. The highest BCUT2D eigenvalue weighted by molar-refractivity contribution is 6.30. The van der Waals surface area contributed by atoms with Gasteiger partial charge in [0, 0.05) is 29.3 Å². The lowest BCUT2D eigenvalue weighted by atomic mass is 10.1. The molecule has 1 N–H and O–H groups in total. The first-order valence-electron chi connectivity index (χ1n) is 9.01. The van der Waals surface area contributed by atoms with Crippen LogP contribution >= 0.6 is 11.6 Å². The topological polar surface area (TPSA) is 87.8 Å². The van der Waals surface area contributed by atoms with Crippen LogP contribution in [0.15, 0.2) is 77.4 Å². The van der Waals surface area contributed by atoms with Crippen molar-refractivity contribution in [2.45, 2.75) is 12.6 Å². The number of nitro groups is 1. The summed E-state index contributed by atoms with van der Waals surface area (Å²) in [5.41, 5.74) is 3.25. The fraction of sp³-hybridized carbons (Fsp3) is 0.143. The smallest absolute Gasteiger partial charge is 0.269 e. The SMILES string of the molecule is O=C(CN1C2=CC=CCC2=NC1c1ccc([N+](=O)[O-])cc1)Nc1ccc(Cl)cc1. The molecule has 2 aromatic rings. The average molecular weight is 409 g/mol. The van der Waals surface area contributed by atoms with Gasteiger partial charge in [0.1, 0.15) is 6.17 Å². The first kappa shape index (κ1) is 18.9. The van der Waals surface area contributed by atoms with E-state index in [9.17, 15) is 14.9 Å². The standard InChI is InChI=1S/C21H17ClN4O3/c22-15-7-9-16(10-8-15)23-20(27)13-25-19-4-2-1-3-18(19)24-21(25)14-5-11-17(12-6-14)26(28)29/h1-2,4-12,21H,3,13H2,(H,23,27). The Hall–Kier alpha value is -3.45. The normalized spacial score (nSPS) is 17.4. The Morgan fingerprint density at radius 3 is 2.62 bits per heavy atom. The second-order valence-electron chi connectivity index (χ2n) is 6.67. The van der Waals surface area contributed by atoms with Gasteiger partial charge in [0.05, 0.1) is 22.9 Å². The molecule has 0 fully saturated rings. The summed E-state index contributed by atoms with van der Waals surface area (Å²) in [6.07, 6.45) is 6.16. The monoisotopic (exact) mass is 408 g/mol. The number of carbonyl (C=O) groups excluding carboxylic acids is 1. The molecule has 1 amide bonds. The number of fused-ring (bicyclic) bond motifs is 1. The Kier molecular flexibility index (Phi) is 5.14. The first-order chi connectivity index (χ1) is 14.0. The molecule has 0 spiro atoms. The Balaban J connectivity index is 1.57. The van der Waals surface area contributed by atoms with E-state index in [0.29, 0.717) is 17.1 Å². The molecule has 1 heterocycles. The van der Waals surface area contributed by atoms with E-state index in [-0.39, 0.29) is 18.1 Å². The van der Waals surface area contributed by atoms with Crippen LogP contribution in [0.3, 0.4) is 0 Å². The van der Waals surface area contributed by atoms with E-state index in [2.05, 4.69) is 5.32 Å². The molecule has 0 aromatic heterocycles. The third-order valence-electron chi connectivity index (χ3n) is 4.72. The van der Waals surface area contributed by atoms with Crippen molar-refractivity contribution in [2.24, 2.45) is 4.99 Å². The van der Waals surface area contributed by atoms with Crippen molar-refractivity contribution in [3.63, 3.8) is 0 Å². The molecule has 146 valence electrons. The Labute approximate surface area is 172 Å². The summed E-state index contributed by atoms with van der Waals surface area (Å²) >= 11 is 5.89. The third kappa shape index (κ3) is 4.05. The molecule has 1 aliphatic heterocycles. The van der Waals surface area contributed by atoms with Gasteiger partial charge in [-0.2, -0.15) is 0 Å². The van der Waals surface area contributed by atoms with Gasteiger partial charge < -0.3 is 10.2 Å². The van der Waals surface area contributed by atoms with Crippen molar-refractivity contribution in [1.29, 1.82) is 0 Å². The average Bonchev–Trinajstić information content (AvgIpc) is 3.08. The van der Waals surface area contributed by atoms with Crippen molar-refractivity contribution in [3.8, 4) is 0 Å². The second kappa shape index (κ2) is 7.89. The molecule has 1 atom stereocenters. The van der Waals surface area contributed by atoms with Crippen molar-refractivity contribution < 1.29 is 9.72 Å². The van der Waals surface area contributed by atoms with Crippen LogP contribution in [0.1, 0.15) is 18.2 Å². The lowest BCUT2D eigenvalue weighted by molar-refractivity contribution is -0.384. The van der Waals surface area contributed by atoms with Crippen LogP contribution in [0.4, 0.5) is 11.4 Å². The van der Waals surface area contributed by atoms with Gasteiger partial charge in [0.2, 0.25) is 5.91 Å². The predicted molar refractivity (Wildman–Crippen MR) is 112 cm³/mol. The highest BCUT2D eigenvalue weighted by Crippen LogP contribution is 2.36. The van der Waals surface area contributed by atoms with Crippen molar-refractivity contribution >= 4 is 34.6 Å². The fourth-order valence-corrected chi connectivity index (χ4v) is 3.48. The zero-order valence-electron chi connectivity index (χ0n) is 15.3. The molecule has 0 saturated carbocycles. The molecule has 0 bridgehead atoms. The highest BCUT2D eigenvalue weighted by Gasteiger charge is 2.33. The van der Waals surface area contributed by atoms with Gasteiger partial charge in [-0.1, -0.05) is 23.8 Å². The van der Waals surface area contributed by atoms with Crippen LogP contribution in [-0.4, -0.2) is 28.0 Å². The lowest BCUT2D eigenvalue weighted by Gasteiger charge is -2.27. The number of benzene rings is 2. The summed E-state index contributed by atoms with van der Waals surface area (Å²) in [5, 5.41) is 14.4. The number of nitro benzene ring substituents is 1. The maximum Gasteiger partial charge on any atom is 0.269 e. The maximum atomic E-state index is 12.7. The summed E-state index contributed by atoms with van der Waals surface area (Å²) < 4.78 is 0. The molecule has 1 aliphatic carbocycles. The summed E-state index contributed by atoms with van der Waals surface area (Å²) in [7, 11) is 0. The minimum atomic E-state index is -0.437. The van der Waals surface area contributed by atoms with Crippen LogP contribution in [0.5, 0.6) is 0 Å². The van der Waals surface area contributed by atoms with E-state index in [1.54, 1.807) is 36.4 Å². The molecule has 29 heavy (non-hydrogen) atoms. The van der Waals surface area contributed by atoms with Gasteiger partial charge in [-0.25, -0.2) is 0 Å². The van der Waals surface area contributed by atoms with E-state index < -0.39 is 11.1 Å². The number of anilines is 1. The van der Waals surface area contributed by atoms with Gasteiger partial charge in [-0.3, -0.25) is 19.9 Å². The zero-order valence-corrected chi connectivity index (χ0v) is 16.0. The van der Waals surface area contributed by atoms with Crippen molar-refractivity contribution in [3.05, 3.63) is 93.2 Å². The number of hydrogen-bond donors (Lipinski definition) is 1. The van der Waals surface area contributed by atoms with Gasteiger partial charge in [0.25, 0.3) is 5.69 Å². The van der Waals surface area contributed by atoms with Crippen LogP contribution < -0.4 is 5.32 Å². The molecular weight excluding hydrogens is 392 g/mol. The Morgan fingerprint density at radius 1 is 1.21 bits per heavy atom. The van der Waals surface area contributed by atoms with Crippen LogP contribution in [0.2, 0.25) is 5.02 Å². The molecule has 7 nitrogen and oxygen atoms in total. The van der Waals surface area contributed by atoms with Gasteiger partial charge >= 0.3 is 0 Å². The molecule has 2 aliphatic rings. The van der Waals surface area contributed by atoms with E-state index in [1.807, 2.05) is 23.1 Å². The molecule has 0 saturated heterocycles. The Bertz CT molecular complexity index is 1040. The number of allylic oxidation sites excluding steroid dienone is 4. The second-order valence-corrected chi connectivity index (χ2v) is 7.10. The van der Waals surface area contributed by atoms with E-state index >= 15 is 0 Å². The Morgan fingerprint density at radius 2 is 1.93 bits per heavy atom. The van der Waals surface area contributed by atoms with Crippen LogP contribution in [-0.2, 0) is 4.79 Å². The quantitative estimate of drug-likeness (QED) is 0.583. The first-order valence-corrected chi connectivity index (χ1v) is 9.39. The molecular formula is C21H17ClN4O3. The summed E-state index contributed by atoms with van der Waals surface area (Å²) in [5.74, 6) is -0.189. The number of non-ortho nitro benzene ring substituents is 1. The third-order valence-corrected chi connectivity index (χ3v) is 4.98. The van der Waals surface area contributed by atoms with E-state index in [0.717, 1.165) is 17.0 Å². The number of nitrogens with one attached hydrogen (secondary N) is 1. The molecule has 4 rings (SSSR count). The summed E-state index contributed by atoms with van der Waals surface area (Å²) in [4.78, 5) is 29.8. The van der Waals surface area contributed by atoms with Gasteiger partial charge in [-0.15, -0.1) is 0 Å². The minimum Gasteiger partial charge on any atom is -0.335 e. The van der Waals surface area contributed by atoms with Crippen LogP contribution in [0, 0.1) is 10.1 Å². The maximum absolute atomic E-state index is 12.7. The van der Waals surface area contributed by atoms with Gasteiger partial charge in [-0.05, 0) is 48.0 Å². The minimum absolute atomic E-state index is 0.0183. The number of halogens is 1.